The molecule has 0 aliphatic rings. The molecule has 0 spiro atoms. The molecule has 0 aromatic carbocycles. The first-order valence-electron chi connectivity index (χ1n) is 30.7. The van der Waals surface area contributed by atoms with Crippen LogP contribution in [-0.4, -0.2) is 82.3 Å². The molecule has 77 heavy (non-hydrogen) atoms. The van der Waals surface area contributed by atoms with Crippen LogP contribution in [0.5, 0.6) is 0 Å². The quantitative estimate of drug-likeness (QED) is 0.0195. The van der Waals surface area contributed by atoms with Crippen LogP contribution in [0, 0.1) is 0 Å². The minimum atomic E-state index is -1.65. The normalized spacial score (nSPS) is 13.6. The Balaban J connectivity index is 4.18. The predicted octanol–water partition coefficient (Wildman–Crippen LogP) is 17.1. The Labute approximate surface area is 472 Å². The van der Waals surface area contributed by atoms with Crippen LogP contribution in [0.4, 0.5) is 0 Å². The number of unbranched alkanes of at least 4 members (excludes halogenated alkanes) is 20. The van der Waals surface area contributed by atoms with E-state index in [1.165, 1.54) is 116 Å². The van der Waals surface area contributed by atoms with Gasteiger partial charge < -0.3 is 33.3 Å². The van der Waals surface area contributed by atoms with Crippen molar-refractivity contribution in [3.63, 3.8) is 0 Å². The van der Waals surface area contributed by atoms with Gasteiger partial charge in [-0.3, -0.25) is 9.59 Å². The fourth-order valence-corrected chi connectivity index (χ4v) is 8.08. The molecule has 438 valence electrons. The molecule has 2 atom stereocenters. The molecule has 2 unspecified atom stereocenters. The molecule has 0 saturated carbocycles. The van der Waals surface area contributed by atoms with Gasteiger partial charge in [-0.25, -0.2) is 0 Å². The third kappa shape index (κ3) is 59.2. The number of carbonyl (C=O) groups excluding carboxylic acids is 3. The summed E-state index contributed by atoms with van der Waals surface area (Å²) in [6.45, 7) is 4.43. The van der Waals surface area contributed by atoms with Gasteiger partial charge >= 0.3 is 11.9 Å². The molecule has 9 nitrogen and oxygen atoms in total. The van der Waals surface area contributed by atoms with Gasteiger partial charge in [-0.2, -0.15) is 0 Å². The highest BCUT2D eigenvalue weighted by atomic mass is 16.7. The molecular formula is C68H113NO8. The van der Waals surface area contributed by atoms with Gasteiger partial charge in [0.25, 0.3) is 0 Å². The molecule has 0 rings (SSSR count). The Morgan fingerprint density at radius 1 is 0.390 bits per heavy atom. The number of hydrogen-bond acceptors (Lipinski definition) is 8. The average molecular weight is 1070 g/mol. The number of nitrogens with zero attached hydrogens (tertiary/aromatic N) is 1. The van der Waals surface area contributed by atoms with Crippen LogP contribution in [0.15, 0.2) is 122 Å². The number of aliphatic carboxylic acids is 1. The second kappa shape index (κ2) is 57.9. The highest BCUT2D eigenvalue weighted by molar-refractivity contribution is 5.70. The summed E-state index contributed by atoms with van der Waals surface area (Å²) in [4.78, 5) is 37.3. The average Bonchev–Trinajstić information content (AvgIpc) is 3.40. The smallest absolute Gasteiger partial charge is 0.306 e. The van der Waals surface area contributed by atoms with Gasteiger partial charge in [0.2, 0.25) is 0 Å². The van der Waals surface area contributed by atoms with Crippen LogP contribution in [0.3, 0.4) is 0 Å². The van der Waals surface area contributed by atoms with Gasteiger partial charge in [-0.05, 0) is 89.9 Å². The third-order valence-corrected chi connectivity index (χ3v) is 12.7. The van der Waals surface area contributed by atoms with Crippen LogP contribution in [-0.2, 0) is 33.3 Å². The molecule has 0 amide bonds. The largest absolute Gasteiger partial charge is 0.545 e. The maximum Gasteiger partial charge on any atom is 0.306 e. The molecule has 0 radical (unpaired) electrons. The number of carboxylic acid groups (broad SMARTS) is 1. The number of allylic oxidation sites excluding steroid dienone is 20. The van der Waals surface area contributed by atoms with Gasteiger partial charge in [0, 0.05) is 12.8 Å². The summed E-state index contributed by atoms with van der Waals surface area (Å²) < 4.78 is 22.6. The SMILES string of the molecule is CC/C=C\C/C=C\C/C=C\C/C=C\C/C=C\C/C=C\CCC(=O)OC(COC(=O)CCCCCCCCCCCCCCCCCCCCCC/C=C\C/C=C\C/C=C\C/C=C\CC)COC(OCC[N+](C)(C)C)C(=O)[O-]. The summed E-state index contributed by atoms with van der Waals surface area (Å²) in [5.41, 5.74) is 0. The molecule has 0 saturated heterocycles. The number of hydrogen-bond donors (Lipinski definition) is 0. The van der Waals surface area contributed by atoms with Crippen LogP contribution < -0.4 is 5.11 Å². The minimum Gasteiger partial charge on any atom is -0.545 e. The van der Waals surface area contributed by atoms with Crippen molar-refractivity contribution in [2.75, 3.05) is 47.5 Å². The summed E-state index contributed by atoms with van der Waals surface area (Å²) in [5.74, 6) is -2.40. The number of likely N-dealkylation sites (N-methyl/N-ethyl adjacent to an activating group) is 1. The molecule has 0 aromatic rings. The van der Waals surface area contributed by atoms with Crippen molar-refractivity contribution in [1.29, 1.82) is 0 Å². The van der Waals surface area contributed by atoms with E-state index < -0.39 is 24.3 Å². The Hall–Kier alpha value is -4.31. The van der Waals surface area contributed by atoms with E-state index in [0.29, 0.717) is 17.4 Å². The van der Waals surface area contributed by atoms with E-state index in [9.17, 15) is 19.5 Å². The van der Waals surface area contributed by atoms with Crippen molar-refractivity contribution in [3.8, 4) is 0 Å². The zero-order valence-electron chi connectivity index (χ0n) is 49.8. The summed E-state index contributed by atoms with van der Waals surface area (Å²) >= 11 is 0. The Morgan fingerprint density at radius 3 is 1.09 bits per heavy atom. The molecule has 0 heterocycles. The first-order chi connectivity index (χ1) is 37.6. The van der Waals surface area contributed by atoms with Crippen LogP contribution in [0.1, 0.15) is 232 Å². The van der Waals surface area contributed by atoms with Crippen LogP contribution in [0.2, 0.25) is 0 Å². The third-order valence-electron chi connectivity index (χ3n) is 12.7. The van der Waals surface area contributed by atoms with Gasteiger partial charge in [-0.1, -0.05) is 251 Å². The Kier molecular flexibility index (Phi) is 54.6. The number of carboxylic acids is 1. The molecule has 0 aromatic heterocycles. The monoisotopic (exact) mass is 1070 g/mol. The highest BCUT2D eigenvalue weighted by Gasteiger charge is 2.21. The Morgan fingerprint density at radius 2 is 0.727 bits per heavy atom. The maximum absolute atomic E-state index is 12.8. The minimum absolute atomic E-state index is 0.118. The predicted molar refractivity (Wildman–Crippen MR) is 324 cm³/mol. The summed E-state index contributed by atoms with van der Waals surface area (Å²) in [6.07, 6.45) is 78.6. The number of carbonyl (C=O) groups is 3. The lowest BCUT2D eigenvalue weighted by Crippen LogP contribution is -2.44. The van der Waals surface area contributed by atoms with Gasteiger partial charge in [-0.15, -0.1) is 0 Å². The van der Waals surface area contributed by atoms with Crippen LogP contribution in [0.25, 0.3) is 0 Å². The number of ether oxygens (including phenoxy) is 4. The lowest BCUT2D eigenvalue weighted by atomic mass is 10.0. The van der Waals surface area contributed by atoms with Crippen molar-refractivity contribution < 1.29 is 42.9 Å². The van der Waals surface area contributed by atoms with Gasteiger partial charge in [0.05, 0.1) is 40.3 Å². The fraction of sp³-hybridized carbons (Fsp3) is 0.662. The van der Waals surface area contributed by atoms with E-state index in [2.05, 4.69) is 123 Å². The molecule has 0 fully saturated rings. The van der Waals surface area contributed by atoms with Gasteiger partial charge in [0.15, 0.2) is 12.4 Å². The number of esters is 2. The molecular weight excluding hydrogens is 959 g/mol. The van der Waals surface area contributed by atoms with Crippen LogP contribution >= 0.6 is 0 Å². The molecule has 0 aliphatic carbocycles. The van der Waals surface area contributed by atoms with Crippen molar-refractivity contribution in [3.05, 3.63) is 122 Å². The van der Waals surface area contributed by atoms with Crippen molar-refractivity contribution in [1.82, 2.24) is 0 Å². The topological polar surface area (TPSA) is 111 Å². The van der Waals surface area contributed by atoms with E-state index in [1.54, 1.807) is 0 Å². The van der Waals surface area contributed by atoms with E-state index in [4.69, 9.17) is 18.9 Å². The van der Waals surface area contributed by atoms with E-state index in [1.807, 2.05) is 33.3 Å². The lowest BCUT2D eigenvalue weighted by Gasteiger charge is -2.26. The zero-order valence-corrected chi connectivity index (χ0v) is 49.8. The Bertz CT molecular complexity index is 1670. The summed E-state index contributed by atoms with van der Waals surface area (Å²) in [6, 6.07) is 0. The zero-order chi connectivity index (χ0) is 56.2. The highest BCUT2D eigenvalue weighted by Crippen LogP contribution is 2.16. The van der Waals surface area contributed by atoms with Crippen molar-refractivity contribution >= 4 is 17.9 Å². The number of quaternary nitrogens is 1. The fourth-order valence-electron chi connectivity index (χ4n) is 8.08. The lowest BCUT2D eigenvalue weighted by molar-refractivity contribution is -0.870. The molecule has 9 heteroatoms. The maximum atomic E-state index is 12.8. The second-order valence-corrected chi connectivity index (χ2v) is 21.2. The van der Waals surface area contributed by atoms with E-state index in [0.717, 1.165) is 83.5 Å². The standard InChI is InChI=1S/C68H113NO8/c1-6-8-10-12-14-16-18-20-22-24-26-27-28-29-30-31-32-33-34-35-36-37-38-39-41-42-44-46-48-50-52-54-56-58-65(70)75-62-64(63-76-68(67(72)73)74-61-60-69(3,4)5)77-66(71)59-57-55-53-51-49-47-45-43-40-25-23-21-19-17-15-13-11-9-7-2/h8-11,14-17,20-23,26-27,40,43,47,49,53,55,64,68H,6-7,12-13,18-19,24-25,28-39,41-42,44-46,48,50-52,54,56-63H2,1-5H3/b10-8-,11-9-,16-14-,17-15-,22-20-,23-21-,27-26-,43-40-,49-47-,55-53-. The van der Waals surface area contributed by atoms with Gasteiger partial charge in [0.1, 0.15) is 13.2 Å². The molecule has 0 bridgehead atoms. The first-order valence-corrected chi connectivity index (χ1v) is 30.7. The molecule has 0 aliphatic heterocycles. The second-order valence-electron chi connectivity index (χ2n) is 21.2. The molecule has 0 N–H and O–H groups in total. The summed E-state index contributed by atoms with van der Waals surface area (Å²) in [7, 11) is 5.89. The van der Waals surface area contributed by atoms with Crippen molar-refractivity contribution in [2.45, 2.75) is 245 Å². The van der Waals surface area contributed by atoms with E-state index >= 15 is 0 Å². The first kappa shape index (κ1) is 72.7. The van der Waals surface area contributed by atoms with E-state index in [-0.39, 0.29) is 38.6 Å². The number of rotatable bonds is 55. The summed E-state index contributed by atoms with van der Waals surface area (Å²) in [5, 5.41) is 11.8. The van der Waals surface area contributed by atoms with Crippen molar-refractivity contribution in [2.24, 2.45) is 0 Å².